The zero-order chi connectivity index (χ0) is 15.0. The smallest absolute Gasteiger partial charge is 0.319 e. The first-order chi connectivity index (χ1) is 9.51. The maximum Gasteiger partial charge on any atom is 0.319 e. The Labute approximate surface area is 118 Å². The lowest BCUT2D eigenvalue weighted by Crippen LogP contribution is -2.36. The van der Waals surface area contributed by atoms with E-state index >= 15 is 0 Å². The van der Waals surface area contributed by atoms with Crippen LogP contribution in [0, 0.1) is 0 Å². The Bertz CT molecular complexity index is 445. The number of carboxylic acid groups (broad SMARTS) is 1. The molecule has 1 aromatic rings. The lowest BCUT2D eigenvalue weighted by Gasteiger charge is -2.14. The van der Waals surface area contributed by atoms with E-state index in [0.29, 0.717) is 11.4 Å². The fraction of sp³-hybridized carbons (Fsp3) is 0.500. The summed E-state index contributed by atoms with van der Waals surface area (Å²) in [5, 5.41) is 14.1. The number of nitrogens with zero attached hydrogens (tertiary/aromatic N) is 1. The highest BCUT2D eigenvalue weighted by molar-refractivity contribution is 5.89. The van der Waals surface area contributed by atoms with Crippen molar-refractivity contribution in [3.63, 3.8) is 0 Å². The summed E-state index contributed by atoms with van der Waals surface area (Å²) in [6.45, 7) is 4.07. The molecule has 20 heavy (non-hydrogen) atoms. The van der Waals surface area contributed by atoms with E-state index in [1.165, 1.54) is 6.20 Å². The van der Waals surface area contributed by atoms with Gasteiger partial charge in [0.15, 0.2) is 0 Å². The molecule has 1 atom stereocenters. The number of carbonyl (C=O) groups is 2. The van der Waals surface area contributed by atoms with E-state index in [4.69, 9.17) is 5.11 Å². The molecule has 0 aliphatic carbocycles. The molecule has 0 spiro atoms. The molecule has 6 nitrogen and oxygen atoms in total. The van der Waals surface area contributed by atoms with Crippen LogP contribution >= 0.6 is 0 Å². The van der Waals surface area contributed by atoms with Crippen LogP contribution in [0.2, 0.25) is 0 Å². The van der Waals surface area contributed by atoms with E-state index in [-0.39, 0.29) is 18.5 Å². The first-order valence-corrected chi connectivity index (χ1v) is 6.75. The number of anilines is 1. The van der Waals surface area contributed by atoms with E-state index in [1.54, 1.807) is 12.1 Å². The second-order valence-corrected chi connectivity index (χ2v) is 4.75. The minimum Gasteiger partial charge on any atom is -0.481 e. The molecule has 0 bridgehead atoms. The van der Waals surface area contributed by atoms with Crippen LogP contribution in [0.25, 0.3) is 0 Å². The van der Waals surface area contributed by atoms with Gasteiger partial charge in [0.25, 0.3) is 0 Å². The van der Waals surface area contributed by atoms with Crippen LogP contribution in [-0.2, 0) is 11.2 Å². The predicted molar refractivity (Wildman–Crippen MR) is 76.7 cm³/mol. The van der Waals surface area contributed by atoms with Crippen LogP contribution in [0.4, 0.5) is 10.5 Å². The van der Waals surface area contributed by atoms with E-state index < -0.39 is 5.97 Å². The molecule has 1 unspecified atom stereocenters. The molecular formula is C14H21N3O3. The van der Waals surface area contributed by atoms with Crippen LogP contribution < -0.4 is 10.6 Å². The molecular weight excluding hydrogens is 258 g/mol. The largest absolute Gasteiger partial charge is 0.481 e. The minimum atomic E-state index is -0.930. The van der Waals surface area contributed by atoms with Crippen molar-refractivity contribution in [3.05, 3.63) is 24.0 Å². The molecule has 6 heteroatoms. The van der Waals surface area contributed by atoms with E-state index in [2.05, 4.69) is 22.5 Å². The number of urea groups is 1. The first kappa shape index (κ1) is 15.9. The number of amides is 2. The molecule has 0 fully saturated rings. The van der Waals surface area contributed by atoms with Crippen LogP contribution in [-0.4, -0.2) is 28.1 Å². The summed E-state index contributed by atoms with van der Waals surface area (Å²) in [6.07, 6.45) is 4.45. The number of carboxylic acids is 1. The summed E-state index contributed by atoms with van der Waals surface area (Å²) in [6, 6.07) is 3.07. The summed E-state index contributed by atoms with van der Waals surface area (Å²) in [4.78, 5) is 26.2. The van der Waals surface area contributed by atoms with Gasteiger partial charge in [0.1, 0.15) is 0 Å². The van der Waals surface area contributed by atoms with Crippen molar-refractivity contribution >= 4 is 17.7 Å². The standard InChI is InChI=1S/C14H21N3O3/c1-3-4-5-10(2)16-14(20)17-12-7-6-11(15-9-12)8-13(18)19/h6-7,9-10H,3-5,8H2,1-2H3,(H,18,19)(H2,16,17,20). The lowest BCUT2D eigenvalue weighted by atomic mass is 10.1. The molecule has 1 rings (SSSR count). The van der Waals surface area contributed by atoms with Crippen LogP contribution in [0.15, 0.2) is 18.3 Å². The van der Waals surface area contributed by atoms with Gasteiger partial charge in [-0.05, 0) is 25.5 Å². The Morgan fingerprint density at radius 3 is 2.70 bits per heavy atom. The molecule has 0 saturated carbocycles. The van der Waals surface area contributed by atoms with Crippen LogP contribution in [0.3, 0.4) is 0 Å². The van der Waals surface area contributed by atoms with Crippen molar-refractivity contribution in [2.24, 2.45) is 0 Å². The fourth-order valence-corrected chi connectivity index (χ4v) is 1.73. The number of unbranched alkanes of at least 4 members (excludes halogenated alkanes) is 1. The van der Waals surface area contributed by atoms with E-state index in [0.717, 1.165) is 19.3 Å². The molecule has 0 saturated heterocycles. The molecule has 1 heterocycles. The second kappa shape index (κ2) is 8.14. The van der Waals surface area contributed by atoms with Gasteiger partial charge in [-0.2, -0.15) is 0 Å². The van der Waals surface area contributed by atoms with Gasteiger partial charge in [-0.25, -0.2) is 4.79 Å². The number of carbonyl (C=O) groups excluding carboxylic acids is 1. The van der Waals surface area contributed by atoms with Crippen molar-refractivity contribution in [2.45, 2.75) is 45.6 Å². The van der Waals surface area contributed by atoms with E-state index in [1.807, 2.05) is 6.92 Å². The molecule has 3 N–H and O–H groups in total. The van der Waals surface area contributed by atoms with Gasteiger partial charge < -0.3 is 15.7 Å². The molecule has 110 valence electrons. The number of aromatic nitrogens is 1. The number of aliphatic carboxylic acids is 1. The lowest BCUT2D eigenvalue weighted by molar-refractivity contribution is -0.136. The minimum absolute atomic E-state index is 0.120. The Hall–Kier alpha value is -2.11. The zero-order valence-electron chi connectivity index (χ0n) is 11.8. The van der Waals surface area contributed by atoms with Gasteiger partial charge in [0.05, 0.1) is 24.0 Å². The molecule has 0 radical (unpaired) electrons. The highest BCUT2D eigenvalue weighted by Crippen LogP contribution is 2.07. The van der Waals surface area contributed by atoms with Gasteiger partial charge in [-0.3, -0.25) is 9.78 Å². The SMILES string of the molecule is CCCCC(C)NC(=O)Nc1ccc(CC(=O)O)nc1. The van der Waals surface area contributed by atoms with Gasteiger partial charge in [0, 0.05) is 6.04 Å². The van der Waals surface area contributed by atoms with Crippen molar-refractivity contribution in [1.82, 2.24) is 10.3 Å². The molecule has 0 aliphatic rings. The molecule has 0 aliphatic heterocycles. The average molecular weight is 279 g/mol. The quantitative estimate of drug-likeness (QED) is 0.714. The van der Waals surface area contributed by atoms with Gasteiger partial charge in [-0.15, -0.1) is 0 Å². The summed E-state index contributed by atoms with van der Waals surface area (Å²) >= 11 is 0. The van der Waals surface area contributed by atoms with Crippen molar-refractivity contribution in [1.29, 1.82) is 0 Å². The fourth-order valence-electron chi connectivity index (χ4n) is 1.73. The normalized spacial score (nSPS) is 11.7. The highest BCUT2D eigenvalue weighted by Gasteiger charge is 2.07. The Kier molecular flexibility index (Phi) is 6.49. The predicted octanol–water partition coefficient (Wildman–Crippen LogP) is 2.41. The summed E-state index contributed by atoms with van der Waals surface area (Å²) in [5.74, 6) is -0.930. The third-order valence-corrected chi connectivity index (χ3v) is 2.78. The second-order valence-electron chi connectivity index (χ2n) is 4.75. The summed E-state index contributed by atoms with van der Waals surface area (Å²) in [5.41, 5.74) is 0.999. The number of hydrogen-bond acceptors (Lipinski definition) is 3. The third kappa shape index (κ3) is 6.17. The maximum atomic E-state index is 11.7. The Morgan fingerprint density at radius 2 is 2.15 bits per heavy atom. The zero-order valence-corrected chi connectivity index (χ0v) is 11.8. The van der Waals surface area contributed by atoms with Crippen molar-refractivity contribution < 1.29 is 14.7 Å². The van der Waals surface area contributed by atoms with Gasteiger partial charge >= 0.3 is 12.0 Å². The maximum absolute atomic E-state index is 11.7. The number of nitrogens with one attached hydrogen (secondary N) is 2. The van der Waals surface area contributed by atoms with Crippen molar-refractivity contribution in [3.8, 4) is 0 Å². The topological polar surface area (TPSA) is 91.3 Å². The molecule has 2 amide bonds. The summed E-state index contributed by atoms with van der Waals surface area (Å²) < 4.78 is 0. The van der Waals surface area contributed by atoms with Gasteiger partial charge in [-0.1, -0.05) is 19.8 Å². The third-order valence-electron chi connectivity index (χ3n) is 2.78. The number of rotatable bonds is 7. The Morgan fingerprint density at radius 1 is 1.40 bits per heavy atom. The van der Waals surface area contributed by atoms with Crippen LogP contribution in [0.1, 0.15) is 38.8 Å². The molecule has 0 aromatic carbocycles. The van der Waals surface area contributed by atoms with Crippen LogP contribution in [0.5, 0.6) is 0 Å². The first-order valence-electron chi connectivity index (χ1n) is 6.75. The number of hydrogen-bond donors (Lipinski definition) is 3. The summed E-state index contributed by atoms with van der Waals surface area (Å²) in [7, 11) is 0. The Balaban J connectivity index is 2.43. The van der Waals surface area contributed by atoms with Crippen molar-refractivity contribution in [2.75, 3.05) is 5.32 Å². The highest BCUT2D eigenvalue weighted by atomic mass is 16.4. The monoisotopic (exact) mass is 279 g/mol. The average Bonchev–Trinajstić information content (AvgIpc) is 2.38. The number of pyridine rings is 1. The van der Waals surface area contributed by atoms with E-state index in [9.17, 15) is 9.59 Å². The van der Waals surface area contributed by atoms with Gasteiger partial charge in [0.2, 0.25) is 0 Å². The molecule has 1 aromatic heterocycles.